The van der Waals surface area contributed by atoms with Gasteiger partial charge in [0, 0.05) is 49.7 Å². The third kappa shape index (κ3) is 4.30. The predicted molar refractivity (Wildman–Crippen MR) is 113 cm³/mol. The van der Waals surface area contributed by atoms with Gasteiger partial charge in [0.15, 0.2) is 0 Å². The molecule has 2 aliphatic heterocycles. The average molecular weight is 380 g/mol. The highest BCUT2D eigenvalue weighted by Crippen LogP contribution is 2.26. The van der Waals surface area contributed by atoms with Gasteiger partial charge < -0.3 is 19.9 Å². The van der Waals surface area contributed by atoms with E-state index in [-0.39, 0.29) is 5.91 Å². The van der Waals surface area contributed by atoms with Gasteiger partial charge in [0.25, 0.3) is 5.91 Å². The summed E-state index contributed by atoms with van der Waals surface area (Å²) in [4.78, 5) is 17.3. The van der Waals surface area contributed by atoms with E-state index in [2.05, 4.69) is 46.3 Å². The van der Waals surface area contributed by atoms with Crippen LogP contribution in [0, 0.1) is 12.8 Å². The van der Waals surface area contributed by atoms with E-state index in [0.717, 1.165) is 63.6 Å². The van der Waals surface area contributed by atoms with Gasteiger partial charge in [-0.2, -0.15) is 0 Å². The van der Waals surface area contributed by atoms with Gasteiger partial charge in [0.1, 0.15) is 0 Å². The smallest absolute Gasteiger partial charge is 0.251 e. The molecule has 2 aromatic carbocycles. The zero-order valence-electron chi connectivity index (χ0n) is 16.6. The molecule has 4 rings (SSSR count). The van der Waals surface area contributed by atoms with Crippen molar-refractivity contribution in [1.82, 2.24) is 5.32 Å². The molecule has 28 heavy (non-hydrogen) atoms. The Hall–Kier alpha value is -2.53. The number of aryl methyl sites for hydroxylation is 1. The molecule has 1 atom stereocenters. The first-order chi connectivity index (χ1) is 13.7. The molecule has 0 spiro atoms. The van der Waals surface area contributed by atoms with Crippen LogP contribution in [0.3, 0.4) is 0 Å². The lowest BCUT2D eigenvalue weighted by molar-refractivity contribution is 0.0948. The maximum absolute atomic E-state index is 12.5. The molecule has 2 aliphatic rings. The number of hydrogen-bond acceptors (Lipinski definition) is 4. The Balaban J connectivity index is 1.28. The van der Waals surface area contributed by atoms with E-state index in [0.29, 0.717) is 5.92 Å². The van der Waals surface area contributed by atoms with E-state index in [1.54, 1.807) is 0 Å². The molecule has 0 aliphatic carbocycles. The summed E-state index contributed by atoms with van der Waals surface area (Å²) in [7, 11) is 0. The van der Waals surface area contributed by atoms with E-state index < -0.39 is 0 Å². The molecule has 5 heteroatoms. The van der Waals surface area contributed by atoms with Crippen LogP contribution in [0.2, 0.25) is 0 Å². The Morgan fingerprint density at radius 2 is 1.79 bits per heavy atom. The van der Waals surface area contributed by atoms with Crippen LogP contribution in [0.5, 0.6) is 0 Å². The highest BCUT2D eigenvalue weighted by molar-refractivity contribution is 5.94. The van der Waals surface area contributed by atoms with Crippen LogP contribution < -0.4 is 15.1 Å². The largest absolute Gasteiger partial charge is 0.378 e. The summed E-state index contributed by atoms with van der Waals surface area (Å²) < 4.78 is 5.40. The normalized spacial score (nSPS) is 19.7. The van der Waals surface area contributed by atoms with Crippen LogP contribution in [0.15, 0.2) is 48.5 Å². The number of carbonyl (C=O) groups is 1. The van der Waals surface area contributed by atoms with E-state index >= 15 is 0 Å². The molecule has 0 radical (unpaired) electrons. The highest BCUT2D eigenvalue weighted by atomic mass is 16.5. The molecule has 0 saturated carbocycles. The SMILES string of the molecule is Cc1ccccc1N1CCC(CNC(=O)c2ccc(N3CCOCC3)cc2)C1. The summed E-state index contributed by atoms with van der Waals surface area (Å²) in [6, 6.07) is 16.4. The molecule has 1 N–H and O–H groups in total. The topological polar surface area (TPSA) is 44.8 Å². The van der Waals surface area contributed by atoms with Gasteiger partial charge in [-0.05, 0) is 55.2 Å². The standard InChI is InChI=1S/C23H29N3O2/c1-18-4-2-3-5-22(18)26-11-10-19(17-26)16-24-23(27)20-6-8-21(9-7-20)25-12-14-28-15-13-25/h2-9,19H,10-17H2,1H3,(H,24,27). The van der Waals surface area contributed by atoms with Crippen LogP contribution in [0.4, 0.5) is 11.4 Å². The third-order valence-corrected chi connectivity index (χ3v) is 5.80. The van der Waals surface area contributed by atoms with Crippen molar-refractivity contribution in [2.24, 2.45) is 5.92 Å². The second-order valence-electron chi connectivity index (χ2n) is 7.74. The van der Waals surface area contributed by atoms with Crippen molar-refractivity contribution in [1.29, 1.82) is 0 Å². The van der Waals surface area contributed by atoms with E-state index in [1.807, 2.05) is 24.3 Å². The Bertz CT molecular complexity index is 800. The van der Waals surface area contributed by atoms with Crippen molar-refractivity contribution in [3.63, 3.8) is 0 Å². The Morgan fingerprint density at radius 3 is 2.54 bits per heavy atom. The molecular formula is C23H29N3O2. The van der Waals surface area contributed by atoms with Crippen molar-refractivity contribution in [3.05, 3.63) is 59.7 Å². The van der Waals surface area contributed by atoms with Crippen molar-refractivity contribution in [3.8, 4) is 0 Å². The Morgan fingerprint density at radius 1 is 1.04 bits per heavy atom. The minimum atomic E-state index is 0.0165. The molecule has 148 valence electrons. The number of hydrogen-bond donors (Lipinski definition) is 1. The van der Waals surface area contributed by atoms with Crippen LogP contribution in [-0.4, -0.2) is 51.8 Å². The van der Waals surface area contributed by atoms with E-state index in [4.69, 9.17) is 4.74 Å². The average Bonchev–Trinajstić information content (AvgIpc) is 3.22. The number of nitrogens with zero attached hydrogens (tertiary/aromatic N) is 2. The Kier molecular flexibility index (Phi) is 5.81. The molecule has 2 fully saturated rings. The Labute approximate surface area is 167 Å². The zero-order valence-corrected chi connectivity index (χ0v) is 16.6. The lowest BCUT2D eigenvalue weighted by atomic mass is 10.1. The first kappa shape index (κ1) is 18.8. The van der Waals surface area contributed by atoms with Crippen LogP contribution in [0.1, 0.15) is 22.3 Å². The van der Waals surface area contributed by atoms with Gasteiger partial charge >= 0.3 is 0 Å². The van der Waals surface area contributed by atoms with Gasteiger partial charge in [0.2, 0.25) is 0 Å². The van der Waals surface area contributed by atoms with E-state index in [9.17, 15) is 4.79 Å². The van der Waals surface area contributed by atoms with Crippen molar-refractivity contribution >= 4 is 17.3 Å². The fourth-order valence-electron chi connectivity index (χ4n) is 4.12. The summed E-state index contributed by atoms with van der Waals surface area (Å²) in [5, 5.41) is 3.13. The summed E-state index contributed by atoms with van der Waals surface area (Å²) in [5.74, 6) is 0.513. The first-order valence-corrected chi connectivity index (χ1v) is 10.2. The number of nitrogens with one attached hydrogen (secondary N) is 1. The monoisotopic (exact) mass is 379 g/mol. The van der Waals surface area contributed by atoms with Crippen molar-refractivity contribution in [2.75, 3.05) is 55.7 Å². The van der Waals surface area contributed by atoms with Gasteiger partial charge in [0.05, 0.1) is 13.2 Å². The van der Waals surface area contributed by atoms with Gasteiger partial charge in [-0.25, -0.2) is 0 Å². The molecule has 5 nitrogen and oxygen atoms in total. The fourth-order valence-corrected chi connectivity index (χ4v) is 4.12. The summed E-state index contributed by atoms with van der Waals surface area (Å²) >= 11 is 0. The molecule has 0 aromatic heterocycles. The maximum Gasteiger partial charge on any atom is 0.251 e. The first-order valence-electron chi connectivity index (χ1n) is 10.2. The van der Waals surface area contributed by atoms with Crippen molar-refractivity contribution in [2.45, 2.75) is 13.3 Å². The minimum absolute atomic E-state index is 0.0165. The molecule has 2 heterocycles. The third-order valence-electron chi connectivity index (χ3n) is 5.80. The summed E-state index contributed by atoms with van der Waals surface area (Å²) in [6.45, 7) is 8.29. The van der Waals surface area contributed by atoms with Crippen LogP contribution >= 0.6 is 0 Å². The van der Waals surface area contributed by atoms with Gasteiger partial charge in [-0.1, -0.05) is 18.2 Å². The summed E-state index contributed by atoms with van der Waals surface area (Å²) in [5.41, 5.74) is 4.51. The molecular weight excluding hydrogens is 350 g/mol. The molecule has 2 aromatic rings. The highest BCUT2D eigenvalue weighted by Gasteiger charge is 2.24. The van der Waals surface area contributed by atoms with Gasteiger partial charge in [-0.3, -0.25) is 4.79 Å². The number of para-hydroxylation sites is 1. The lowest BCUT2D eigenvalue weighted by Crippen LogP contribution is -2.36. The predicted octanol–water partition coefficient (Wildman–Crippen LogP) is 3.09. The molecule has 0 bridgehead atoms. The van der Waals surface area contributed by atoms with E-state index in [1.165, 1.54) is 11.3 Å². The molecule has 1 amide bonds. The minimum Gasteiger partial charge on any atom is -0.378 e. The number of amides is 1. The second-order valence-corrected chi connectivity index (χ2v) is 7.74. The lowest BCUT2D eigenvalue weighted by Gasteiger charge is -2.28. The number of rotatable bonds is 5. The quantitative estimate of drug-likeness (QED) is 0.867. The zero-order chi connectivity index (χ0) is 19.3. The van der Waals surface area contributed by atoms with Crippen LogP contribution in [0.25, 0.3) is 0 Å². The van der Waals surface area contributed by atoms with Gasteiger partial charge in [-0.15, -0.1) is 0 Å². The second kappa shape index (κ2) is 8.65. The summed E-state index contributed by atoms with van der Waals surface area (Å²) in [6.07, 6.45) is 1.12. The van der Waals surface area contributed by atoms with Crippen molar-refractivity contribution < 1.29 is 9.53 Å². The number of carbonyl (C=O) groups excluding carboxylic acids is 1. The number of ether oxygens (including phenoxy) is 1. The van der Waals surface area contributed by atoms with Crippen LogP contribution in [-0.2, 0) is 4.74 Å². The molecule has 1 unspecified atom stereocenters. The number of morpholine rings is 1. The fraction of sp³-hybridized carbons (Fsp3) is 0.435. The molecule has 2 saturated heterocycles. The number of anilines is 2. The number of benzene rings is 2. The maximum atomic E-state index is 12.5.